The smallest absolute Gasteiger partial charge is 0.227 e. The molecule has 0 aromatic heterocycles. The number of benzene rings is 2. The lowest BCUT2D eigenvalue weighted by Crippen LogP contribution is -2.63. The molecule has 1 fully saturated rings. The van der Waals surface area contributed by atoms with Gasteiger partial charge in [-0.2, -0.15) is 0 Å². The molecule has 0 saturated carbocycles. The van der Waals surface area contributed by atoms with Gasteiger partial charge in [0, 0.05) is 19.6 Å². The molecule has 2 atom stereocenters. The first-order valence-corrected chi connectivity index (χ1v) is 10.6. The zero-order valence-electron chi connectivity index (χ0n) is 15.0. The number of fused-ring (bicyclic) bond motifs is 1. The molecule has 1 saturated heterocycles. The summed E-state index contributed by atoms with van der Waals surface area (Å²) in [7, 11) is -3.65. The number of nitrogens with one attached hydrogen (secondary N) is 2. The maximum absolute atomic E-state index is 12.9. The summed E-state index contributed by atoms with van der Waals surface area (Å²) in [5, 5.41) is 3.27. The molecule has 0 radical (unpaired) electrons. The zero-order chi connectivity index (χ0) is 18.9. The molecule has 2 aliphatic rings. The fraction of sp³-hybridized carbons (Fsp3) is 0.350. The average Bonchev–Trinajstić information content (AvgIpc) is 2.77. The van der Waals surface area contributed by atoms with Crippen molar-refractivity contribution in [1.29, 1.82) is 0 Å². The molecule has 0 bridgehead atoms. The van der Waals surface area contributed by atoms with Crippen molar-refractivity contribution in [2.75, 3.05) is 25.0 Å². The van der Waals surface area contributed by atoms with E-state index in [-0.39, 0.29) is 10.8 Å². The van der Waals surface area contributed by atoms with Crippen molar-refractivity contribution in [3.63, 3.8) is 0 Å². The van der Waals surface area contributed by atoms with Crippen LogP contribution in [0.1, 0.15) is 18.4 Å². The van der Waals surface area contributed by atoms with Gasteiger partial charge in [0.25, 0.3) is 0 Å². The van der Waals surface area contributed by atoms with E-state index in [0.717, 1.165) is 12.0 Å². The van der Waals surface area contributed by atoms with Gasteiger partial charge in [0.15, 0.2) is 15.3 Å². The minimum Gasteiger partial charge on any atom is -0.593 e. The van der Waals surface area contributed by atoms with Crippen molar-refractivity contribution < 1.29 is 13.6 Å². The number of hydrogen-bond donors (Lipinski definition) is 2. The number of para-hydroxylation sites is 1. The largest absolute Gasteiger partial charge is 0.593 e. The van der Waals surface area contributed by atoms with Crippen molar-refractivity contribution in [3.8, 4) is 0 Å². The third-order valence-corrected chi connectivity index (χ3v) is 6.91. The number of amides is 1. The van der Waals surface area contributed by atoms with Crippen molar-refractivity contribution in [3.05, 3.63) is 60.2 Å². The predicted octanol–water partition coefficient (Wildman–Crippen LogP) is 2.21. The summed E-state index contributed by atoms with van der Waals surface area (Å²) in [4.78, 5) is 14.8. The number of carbonyl (C=O) groups excluding carboxylic acids is 1. The first-order valence-electron chi connectivity index (χ1n) is 9.16. The molecule has 2 unspecified atom stereocenters. The van der Waals surface area contributed by atoms with E-state index < -0.39 is 15.9 Å². The second-order valence-corrected chi connectivity index (χ2v) is 8.97. The molecule has 6 nitrogen and oxygen atoms in total. The molecule has 2 aliphatic heterocycles. The van der Waals surface area contributed by atoms with Gasteiger partial charge in [-0.3, -0.25) is 4.79 Å². The highest BCUT2D eigenvalue weighted by atomic mass is 32.3. The summed E-state index contributed by atoms with van der Waals surface area (Å²) < 4.78 is 28.7. The molecule has 2 heterocycles. The lowest BCUT2D eigenvalue weighted by atomic mass is 9.89. The van der Waals surface area contributed by atoms with E-state index in [1.165, 1.54) is 0 Å². The Hall–Kier alpha value is -2.22. The summed E-state index contributed by atoms with van der Waals surface area (Å²) in [6.45, 7) is 1.49. The number of rotatable bonds is 2. The monoisotopic (exact) mass is 385 g/mol. The summed E-state index contributed by atoms with van der Waals surface area (Å²) in [5.74, 6) is 0.0289. The molecule has 2 aromatic carbocycles. The third-order valence-electron chi connectivity index (χ3n) is 5.27. The Morgan fingerprint density at radius 1 is 1.15 bits per heavy atom. The zero-order valence-corrected chi connectivity index (χ0v) is 15.8. The Morgan fingerprint density at radius 2 is 1.89 bits per heavy atom. The summed E-state index contributed by atoms with van der Waals surface area (Å²) in [5.41, 5.74) is 0.881. The Kier molecular flexibility index (Phi) is 4.75. The number of sulfonamides is 1. The molecule has 1 spiro atoms. The quantitative estimate of drug-likeness (QED) is 0.777. The van der Waals surface area contributed by atoms with Crippen LogP contribution in [0.25, 0.3) is 0 Å². The van der Waals surface area contributed by atoms with Crippen LogP contribution in [0.15, 0.2) is 59.5 Å². The summed E-state index contributed by atoms with van der Waals surface area (Å²) in [6.07, 6.45) is 1.79. The number of likely N-dealkylation sites (tertiary alicyclic amines) is 1. The highest BCUT2D eigenvalue weighted by Gasteiger charge is 2.45. The molecular formula is C20H23N3O3S. The Balaban J connectivity index is 1.54. The Bertz CT molecular complexity index is 889. The van der Waals surface area contributed by atoms with Crippen LogP contribution in [0.2, 0.25) is 0 Å². The van der Waals surface area contributed by atoms with Gasteiger partial charge >= 0.3 is 0 Å². The van der Waals surface area contributed by atoms with Crippen LogP contribution in [0.4, 0.5) is 5.69 Å². The van der Waals surface area contributed by atoms with Crippen LogP contribution >= 0.6 is 0 Å². The molecule has 1 amide bonds. The molecule has 27 heavy (non-hydrogen) atoms. The van der Waals surface area contributed by atoms with E-state index in [1.54, 1.807) is 23.1 Å². The third kappa shape index (κ3) is 3.76. The molecule has 2 N–H and O–H groups in total. The fourth-order valence-corrected chi connectivity index (χ4v) is 5.55. The number of piperidine rings is 1. The normalized spacial score (nSPS) is 27.5. The lowest BCUT2D eigenvalue weighted by molar-refractivity contribution is -0.132. The van der Waals surface area contributed by atoms with Crippen LogP contribution in [-0.2, 0) is 25.8 Å². The highest BCUT2D eigenvalue weighted by molar-refractivity contribution is 7.96. The Labute approximate surface area is 160 Å². The van der Waals surface area contributed by atoms with Crippen molar-refractivity contribution in [2.24, 2.45) is 0 Å². The van der Waals surface area contributed by atoms with E-state index in [4.69, 9.17) is 0 Å². The van der Waals surface area contributed by atoms with Gasteiger partial charge in [-0.1, -0.05) is 46.7 Å². The number of anilines is 1. The first kappa shape index (κ1) is 18.2. The summed E-state index contributed by atoms with van der Waals surface area (Å²) >= 11 is 0. The molecule has 0 aliphatic carbocycles. The van der Waals surface area contributed by atoms with Gasteiger partial charge in [0.05, 0.1) is 17.6 Å². The van der Waals surface area contributed by atoms with Gasteiger partial charge in [0.1, 0.15) is 0 Å². The maximum Gasteiger partial charge on any atom is 0.227 e. The van der Waals surface area contributed by atoms with Crippen LogP contribution in [-0.4, -0.2) is 40.5 Å². The molecule has 4 rings (SSSR count). The number of hydrogen-bond acceptors (Lipinski definition) is 4. The van der Waals surface area contributed by atoms with Gasteiger partial charge in [-0.05, 0) is 30.5 Å². The highest BCUT2D eigenvalue weighted by Crippen LogP contribution is 2.33. The van der Waals surface area contributed by atoms with Crippen LogP contribution in [0.5, 0.6) is 0 Å². The molecule has 142 valence electrons. The van der Waals surface area contributed by atoms with Gasteiger partial charge < -0.3 is 14.8 Å². The second kappa shape index (κ2) is 7.07. The standard InChI is InChI=1S/C20H23N3O3S/c24-19(13-16-7-2-1-3-8-16)23-12-6-11-20(15-23)14-21-17-9-4-5-10-18(17)27(25,26)22-20/h1-5,7-10H,6,11-15H2,(H2-,21,22,25,26). The molecule has 2 aromatic rings. The van der Waals surface area contributed by atoms with Crippen molar-refractivity contribution >= 4 is 22.0 Å². The second-order valence-electron chi connectivity index (χ2n) is 7.32. The number of nitrogens with zero attached hydrogens (tertiary/aromatic N) is 1. The minimum absolute atomic E-state index is 0.0289. The van der Waals surface area contributed by atoms with Gasteiger partial charge in [-0.15, -0.1) is 4.72 Å². The van der Waals surface area contributed by atoms with E-state index in [0.29, 0.717) is 38.2 Å². The molecular weight excluding hydrogens is 362 g/mol. The van der Waals surface area contributed by atoms with E-state index in [1.807, 2.05) is 36.4 Å². The number of carbonyl (C=O) groups is 1. The average molecular weight is 385 g/mol. The summed E-state index contributed by atoms with van der Waals surface area (Å²) in [6, 6.07) is 16.5. The van der Waals surface area contributed by atoms with Crippen molar-refractivity contribution in [2.45, 2.75) is 29.7 Å². The molecule has 7 heteroatoms. The lowest BCUT2D eigenvalue weighted by Gasteiger charge is -2.42. The van der Waals surface area contributed by atoms with Crippen molar-refractivity contribution in [1.82, 2.24) is 9.62 Å². The van der Waals surface area contributed by atoms with E-state index in [9.17, 15) is 13.6 Å². The van der Waals surface area contributed by atoms with E-state index >= 15 is 0 Å². The Morgan fingerprint density at radius 3 is 2.70 bits per heavy atom. The first-order chi connectivity index (χ1) is 13.0. The van der Waals surface area contributed by atoms with Crippen LogP contribution < -0.4 is 10.0 Å². The van der Waals surface area contributed by atoms with E-state index in [2.05, 4.69) is 10.0 Å². The predicted molar refractivity (Wildman–Crippen MR) is 104 cm³/mol. The topological polar surface area (TPSA) is 84.5 Å². The fourth-order valence-electron chi connectivity index (χ4n) is 3.94. The minimum atomic E-state index is -3.65. The van der Waals surface area contributed by atoms with Gasteiger partial charge in [0.2, 0.25) is 5.91 Å². The van der Waals surface area contributed by atoms with Crippen LogP contribution in [0.3, 0.4) is 0 Å². The maximum atomic E-state index is 12.9. The van der Waals surface area contributed by atoms with Gasteiger partial charge in [-0.25, -0.2) is 0 Å². The SMILES string of the molecule is O=C(Cc1ccccc1)N1CCCC2(CNc3ccccc3[S+](=O)([O-])N2)C1. The van der Waals surface area contributed by atoms with Crippen LogP contribution in [0, 0.1) is 0 Å².